The Morgan fingerprint density at radius 3 is 2.76 bits per heavy atom. The summed E-state index contributed by atoms with van der Waals surface area (Å²) < 4.78 is 0. The minimum Gasteiger partial charge on any atom is -0.315 e. The average molecular weight is 352 g/mol. The first-order chi connectivity index (χ1) is 12.3. The second-order valence-corrected chi connectivity index (χ2v) is 6.93. The molecule has 25 heavy (non-hydrogen) atoms. The van der Waals surface area contributed by atoms with Crippen molar-refractivity contribution in [2.24, 2.45) is 0 Å². The molecule has 1 saturated heterocycles. The first-order valence-electron chi connectivity index (χ1n) is 8.87. The summed E-state index contributed by atoms with van der Waals surface area (Å²) in [7, 11) is 0. The third-order valence-corrected chi connectivity index (χ3v) is 5.21. The third-order valence-electron chi connectivity index (χ3n) is 4.87. The number of halogens is 1. The van der Waals surface area contributed by atoms with Crippen LogP contribution in [0.25, 0.3) is 10.9 Å². The van der Waals surface area contributed by atoms with Gasteiger partial charge in [0.05, 0.1) is 11.6 Å². The van der Waals surface area contributed by atoms with E-state index in [1.165, 1.54) is 10.9 Å². The van der Waals surface area contributed by atoms with Crippen LogP contribution in [0.1, 0.15) is 23.6 Å². The number of benzene rings is 2. The second-order valence-electron chi connectivity index (χ2n) is 6.52. The van der Waals surface area contributed by atoms with Gasteiger partial charge in [-0.15, -0.1) is 0 Å². The fraction of sp³-hybridized carbons (Fsp3) is 0.286. The van der Waals surface area contributed by atoms with Crippen LogP contribution >= 0.6 is 11.6 Å². The Hall–Kier alpha value is -1.94. The number of hydrogen-bond acceptors (Lipinski definition) is 3. The van der Waals surface area contributed by atoms with Gasteiger partial charge in [-0.2, -0.15) is 0 Å². The lowest BCUT2D eigenvalue weighted by atomic mass is 9.96. The number of nitrogens with one attached hydrogen (secondary N) is 1. The first-order valence-corrected chi connectivity index (χ1v) is 9.24. The van der Waals surface area contributed by atoms with Gasteiger partial charge in [0, 0.05) is 36.2 Å². The molecule has 0 bridgehead atoms. The van der Waals surface area contributed by atoms with E-state index in [4.69, 9.17) is 16.6 Å². The Balaban J connectivity index is 1.81. The molecular formula is C21H22ClN3. The molecular weight excluding hydrogens is 330 g/mol. The number of para-hydroxylation sites is 1. The fourth-order valence-electron chi connectivity index (χ4n) is 3.65. The Morgan fingerprint density at radius 2 is 1.84 bits per heavy atom. The molecule has 3 nitrogen and oxygen atoms in total. The van der Waals surface area contributed by atoms with Crippen molar-refractivity contribution in [2.45, 2.75) is 12.5 Å². The number of hydrogen-bond donors (Lipinski definition) is 1. The van der Waals surface area contributed by atoms with Gasteiger partial charge in [0.25, 0.3) is 0 Å². The van der Waals surface area contributed by atoms with Gasteiger partial charge >= 0.3 is 0 Å². The molecule has 0 saturated carbocycles. The molecule has 0 aliphatic carbocycles. The molecule has 2 aromatic carbocycles. The van der Waals surface area contributed by atoms with Crippen LogP contribution in [-0.2, 0) is 0 Å². The zero-order valence-electron chi connectivity index (χ0n) is 14.2. The maximum Gasteiger partial charge on any atom is 0.0702 e. The van der Waals surface area contributed by atoms with Crippen molar-refractivity contribution < 1.29 is 0 Å². The van der Waals surface area contributed by atoms with Crippen LogP contribution in [0, 0.1) is 0 Å². The van der Waals surface area contributed by atoms with Crippen LogP contribution in [0.2, 0.25) is 5.02 Å². The Labute approximate surface area is 153 Å². The maximum absolute atomic E-state index is 6.58. The van der Waals surface area contributed by atoms with Crippen molar-refractivity contribution in [2.75, 3.05) is 26.2 Å². The van der Waals surface area contributed by atoms with E-state index in [0.717, 1.165) is 48.7 Å². The number of fused-ring (bicyclic) bond motifs is 1. The SMILES string of the molecule is Clc1ccccc1C(c1cnc2ccccc2c1)N1CCCNCC1. The van der Waals surface area contributed by atoms with Crippen molar-refractivity contribution in [1.82, 2.24) is 15.2 Å². The molecule has 2 heterocycles. The van der Waals surface area contributed by atoms with E-state index in [9.17, 15) is 0 Å². The predicted molar refractivity (Wildman–Crippen MR) is 104 cm³/mol. The number of aromatic nitrogens is 1. The molecule has 3 aromatic rings. The molecule has 4 rings (SSSR count). The van der Waals surface area contributed by atoms with E-state index in [1.807, 2.05) is 24.4 Å². The summed E-state index contributed by atoms with van der Waals surface area (Å²) in [6, 6.07) is 18.8. The van der Waals surface area contributed by atoms with Crippen molar-refractivity contribution in [3.05, 3.63) is 76.9 Å². The molecule has 1 unspecified atom stereocenters. The molecule has 1 aliphatic rings. The van der Waals surface area contributed by atoms with Crippen LogP contribution < -0.4 is 5.32 Å². The number of nitrogens with zero attached hydrogens (tertiary/aromatic N) is 2. The zero-order valence-corrected chi connectivity index (χ0v) is 14.9. The van der Waals surface area contributed by atoms with Gasteiger partial charge < -0.3 is 5.32 Å². The highest BCUT2D eigenvalue weighted by atomic mass is 35.5. The normalized spacial score (nSPS) is 17.3. The Morgan fingerprint density at radius 1 is 1.00 bits per heavy atom. The van der Waals surface area contributed by atoms with Crippen LogP contribution in [0.15, 0.2) is 60.8 Å². The lowest BCUT2D eigenvalue weighted by Gasteiger charge is -2.31. The van der Waals surface area contributed by atoms with Gasteiger partial charge in [0.15, 0.2) is 0 Å². The molecule has 1 aliphatic heterocycles. The summed E-state index contributed by atoms with van der Waals surface area (Å²) in [5.41, 5.74) is 3.39. The van der Waals surface area contributed by atoms with Crippen LogP contribution in [0.4, 0.5) is 0 Å². The van der Waals surface area contributed by atoms with Crippen molar-refractivity contribution in [3.63, 3.8) is 0 Å². The number of pyridine rings is 1. The maximum atomic E-state index is 6.58. The first kappa shape index (κ1) is 16.5. The summed E-state index contributed by atoms with van der Waals surface area (Å²) in [5, 5.41) is 5.48. The summed E-state index contributed by atoms with van der Waals surface area (Å²) >= 11 is 6.58. The molecule has 0 radical (unpaired) electrons. The highest BCUT2D eigenvalue weighted by Crippen LogP contribution is 2.34. The topological polar surface area (TPSA) is 28.2 Å². The number of rotatable bonds is 3. The summed E-state index contributed by atoms with van der Waals surface area (Å²) in [4.78, 5) is 7.21. The van der Waals surface area contributed by atoms with Gasteiger partial charge in [-0.3, -0.25) is 9.88 Å². The minimum atomic E-state index is 0.130. The lowest BCUT2D eigenvalue weighted by molar-refractivity contribution is 0.241. The summed E-state index contributed by atoms with van der Waals surface area (Å²) in [6.07, 6.45) is 3.15. The van der Waals surface area contributed by atoms with E-state index < -0.39 is 0 Å². The fourth-order valence-corrected chi connectivity index (χ4v) is 3.89. The third kappa shape index (κ3) is 3.54. The highest BCUT2D eigenvalue weighted by Gasteiger charge is 2.25. The van der Waals surface area contributed by atoms with Crippen molar-refractivity contribution >= 4 is 22.5 Å². The van der Waals surface area contributed by atoms with E-state index in [0.29, 0.717) is 0 Å². The molecule has 1 N–H and O–H groups in total. The smallest absolute Gasteiger partial charge is 0.0702 e. The minimum absolute atomic E-state index is 0.130. The van der Waals surface area contributed by atoms with Gasteiger partial charge in [0.2, 0.25) is 0 Å². The van der Waals surface area contributed by atoms with E-state index >= 15 is 0 Å². The molecule has 128 valence electrons. The quantitative estimate of drug-likeness (QED) is 0.763. The van der Waals surface area contributed by atoms with Crippen LogP contribution in [0.5, 0.6) is 0 Å². The van der Waals surface area contributed by atoms with Crippen molar-refractivity contribution in [1.29, 1.82) is 0 Å². The Kier molecular flexibility index (Phi) is 4.97. The van der Waals surface area contributed by atoms with E-state index in [1.54, 1.807) is 0 Å². The molecule has 1 fully saturated rings. The lowest BCUT2D eigenvalue weighted by Crippen LogP contribution is -2.33. The molecule has 0 amide bonds. The predicted octanol–water partition coefficient (Wildman–Crippen LogP) is 4.27. The van der Waals surface area contributed by atoms with Crippen molar-refractivity contribution in [3.8, 4) is 0 Å². The van der Waals surface area contributed by atoms with Gasteiger partial charge in [-0.1, -0.05) is 48.0 Å². The Bertz CT molecular complexity index is 856. The monoisotopic (exact) mass is 351 g/mol. The molecule has 1 atom stereocenters. The zero-order chi connectivity index (χ0) is 17.1. The van der Waals surface area contributed by atoms with Gasteiger partial charge in [0.1, 0.15) is 0 Å². The van der Waals surface area contributed by atoms with Crippen LogP contribution in [-0.4, -0.2) is 36.1 Å². The average Bonchev–Trinajstić information content (AvgIpc) is 2.93. The largest absolute Gasteiger partial charge is 0.315 e. The molecule has 1 aromatic heterocycles. The van der Waals surface area contributed by atoms with E-state index in [2.05, 4.69) is 46.6 Å². The molecule has 4 heteroatoms. The van der Waals surface area contributed by atoms with E-state index in [-0.39, 0.29) is 6.04 Å². The molecule has 0 spiro atoms. The summed E-state index contributed by atoms with van der Waals surface area (Å²) in [5.74, 6) is 0. The van der Waals surface area contributed by atoms with Crippen LogP contribution in [0.3, 0.4) is 0 Å². The highest BCUT2D eigenvalue weighted by molar-refractivity contribution is 6.31. The standard InChI is InChI=1S/C21H22ClN3/c22-19-8-3-2-7-18(19)21(25-12-5-10-23-11-13-25)17-14-16-6-1-4-9-20(16)24-15-17/h1-4,6-9,14-15,21,23H,5,10-13H2. The van der Waals surface area contributed by atoms with Gasteiger partial charge in [-0.05, 0) is 42.3 Å². The second kappa shape index (κ2) is 7.52. The van der Waals surface area contributed by atoms with Gasteiger partial charge in [-0.25, -0.2) is 0 Å². The summed E-state index contributed by atoms with van der Waals surface area (Å²) in [6.45, 7) is 4.13.